The molecule has 1 aliphatic rings. The Balaban J connectivity index is 0.000000321. The van der Waals surface area contributed by atoms with Gasteiger partial charge >= 0.3 is 0 Å². The Labute approximate surface area is 176 Å². The summed E-state index contributed by atoms with van der Waals surface area (Å²) in [5.74, 6) is 1.73. The first kappa shape index (κ1) is 22.5. The number of ether oxygens (including phenoxy) is 1. The summed E-state index contributed by atoms with van der Waals surface area (Å²) in [4.78, 5) is 0. The molecule has 1 saturated carbocycles. The minimum absolute atomic E-state index is 0.718. The molecular formula is C27H35NO. The molecule has 0 saturated heterocycles. The highest BCUT2D eigenvalue weighted by molar-refractivity contribution is 5.64. The van der Waals surface area contributed by atoms with Crippen LogP contribution in [-0.2, 0) is 0 Å². The first-order chi connectivity index (χ1) is 14.2. The predicted octanol–water partition coefficient (Wildman–Crippen LogP) is 7.39. The van der Waals surface area contributed by atoms with Crippen molar-refractivity contribution in [1.29, 1.82) is 0 Å². The van der Waals surface area contributed by atoms with Gasteiger partial charge < -0.3 is 10.5 Å². The molecular weight excluding hydrogens is 354 g/mol. The number of nitrogens with two attached hydrogens (primary N) is 1. The van der Waals surface area contributed by atoms with Crippen LogP contribution in [0.3, 0.4) is 0 Å². The van der Waals surface area contributed by atoms with Gasteiger partial charge in [-0.05, 0) is 67.5 Å². The summed E-state index contributed by atoms with van der Waals surface area (Å²) >= 11 is 0. The zero-order valence-corrected chi connectivity index (χ0v) is 17.9. The lowest BCUT2D eigenvalue weighted by atomic mass is 9.84. The van der Waals surface area contributed by atoms with Crippen molar-refractivity contribution in [2.45, 2.75) is 51.9 Å². The molecule has 0 heterocycles. The lowest BCUT2D eigenvalue weighted by Gasteiger charge is -2.22. The van der Waals surface area contributed by atoms with Crippen LogP contribution in [0.2, 0.25) is 0 Å². The van der Waals surface area contributed by atoms with E-state index < -0.39 is 0 Å². The van der Waals surface area contributed by atoms with Crippen molar-refractivity contribution in [3.05, 3.63) is 90.7 Å². The molecule has 0 atom stereocenters. The summed E-state index contributed by atoms with van der Waals surface area (Å²) in [5, 5.41) is 0. The third kappa shape index (κ3) is 7.65. The largest absolute Gasteiger partial charge is 0.494 e. The standard InChI is InChI=1S/C20H24O.C7H11N/c1-2-21-20-14-12-19(13-15-20)18-10-8-17(9-11-18)16-6-4-3-5-7-16;1-3-5-6-7(8)4-2/h8-16H,2-7H2,1H3;3-6H,1,8H2,2H3/b;6-5-,7-4+. The maximum atomic E-state index is 5.50. The van der Waals surface area contributed by atoms with Gasteiger partial charge in [-0.2, -0.15) is 0 Å². The Morgan fingerprint density at radius 2 is 1.59 bits per heavy atom. The van der Waals surface area contributed by atoms with E-state index in [9.17, 15) is 0 Å². The first-order valence-electron chi connectivity index (χ1n) is 10.7. The van der Waals surface area contributed by atoms with Crippen LogP contribution in [0, 0.1) is 0 Å². The Morgan fingerprint density at radius 3 is 2.10 bits per heavy atom. The van der Waals surface area contributed by atoms with Gasteiger partial charge in [-0.3, -0.25) is 0 Å². The van der Waals surface area contributed by atoms with Gasteiger partial charge in [0.25, 0.3) is 0 Å². The topological polar surface area (TPSA) is 35.2 Å². The molecule has 2 aromatic rings. The second-order valence-electron chi connectivity index (χ2n) is 7.30. The van der Waals surface area contributed by atoms with E-state index in [0.29, 0.717) is 0 Å². The highest BCUT2D eigenvalue weighted by Gasteiger charge is 2.15. The monoisotopic (exact) mass is 389 g/mol. The third-order valence-corrected chi connectivity index (χ3v) is 5.24. The van der Waals surface area contributed by atoms with Crippen LogP contribution >= 0.6 is 0 Å². The van der Waals surface area contributed by atoms with Gasteiger partial charge in [-0.1, -0.05) is 80.5 Å². The van der Waals surface area contributed by atoms with E-state index in [1.54, 1.807) is 18.2 Å². The van der Waals surface area contributed by atoms with Crippen molar-refractivity contribution in [3.8, 4) is 16.9 Å². The molecule has 0 bridgehead atoms. The molecule has 2 nitrogen and oxygen atoms in total. The maximum Gasteiger partial charge on any atom is 0.119 e. The summed E-state index contributed by atoms with van der Waals surface area (Å²) in [6, 6.07) is 17.5. The second kappa shape index (κ2) is 12.7. The van der Waals surface area contributed by atoms with Crippen LogP contribution in [0.5, 0.6) is 5.75 Å². The highest BCUT2D eigenvalue weighted by atomic mass is 16.5. The molecule has 2 heteroatoms. The molecule has 0 aliphatic heterocycles. The SMILES string of the molecule is C=C/C=C\C(N)=C/C.CCOc1ccc(-c2ccc(C3CCCCC3)cc2)cc1. The normalized spacial score (nSPS) is 14.9. The molecule has 0 unspecified atom stereocenters. The minimum Gasteiger partial charge on any atom is -0.494 e. The lowest BCUT2D eigenvalue weighted by molar-refractivity contribution is 0.340. The Hall–Kier alpha value is -2.74. The zero-order chi connectivity index (χ0) is 20.9. The minimum atomic E-state index is 0.718. The molecule has 2 N–H and O–H groups in total. The molecule has 2 aromatic carbocycles. The molecule has 0 radical (unpaired) electrons. The Morgan fingerprint density at radius 1 is 1.00 bits per heavy atom. The van der Waals surface area contributed by atoms with Crippen LogP contribution in [-0.4, -0.2) is 6.61 Å². The zero-order valence-electron chi connectivity index (χ0n) is 17.9. The van der Waals surface area contributed by atoms with E-state index in [1.165, 1.54) is 48.8 Å². The van der Waals surface area contributed by atoms with E-state index >= 15 is 0 Å². The van der Waals surface area contributed by atoms with Crippen LogP contribution in [0.25, 0.3) is 11.1 Å². The smallest absolute Gasteiger partial charge is 0.119 e. The van der Waals surface area contributed by atoms with Crippen LogP contribution in [0.4, 0.5) is 0 Å². The van der Waals surface area contributed by atoms with E-state index in [4.69, 9.17) is 10.5 Å². The number of hydrogen-bond acceptors (Lipinski definition) is 2. The summed E-state index contributed by atoms with van der Waals surface area (Å²) in [6.45, 7) is 8.12. The summed E-state index contributed by atoms with van der Waals surface area (Å²) in [5.41, 5.74) is 10.2. The molecule has 0 aromatic heterocycles. The van der Waals surface area contributed by atoms with Crippen LogP contribution < -0.4 is 10.5 Å². The fourth-order valence-corrected chi connectivity index (χ4v) is 3.57. The van der Waals surface area contributed by atoms with Crippen molar-refractivity contribution in [2.24, 2.45) is 5.73 Å². The summed E-state index contributed by atoms with van der Waals surface area (Å²) in [6.07, 6.45) is 14.1. The van der Waals surface area contributed by atoms with Gasteiger partial charge in [0, 0.05) is 5.70 Å². The third-order valence-electron chi connectivity index (χ3n) is 5.24. The van der Waals surface area contributed by atoms with Crippen molar-refractivity contribution >= 4 is 0 Å². The van der Waals surface area contributed by atoms with Crippen LogP contribution in [0.1, 0.15) is 57.4 Å². The maximum absolute atomic E-state index is 5.50. The molecule has 0 amide bonds. The van der Waals surface area contributed by atoms with Gasteiger partial charge in [0.05, 0.1) is 6.61 Å². The molecule has 1 aliphatic carbocycles. The quantitative estimate of drug-likeness (QED) is 0.523. The summed E-state index contributed by atoms with van der Waals surface area (Å²) in [7, 11) is 0. The van der Waals surface area contributed by atoms with Gasteiger partial charge in [-0.15, -0.1) is 0 Å². The first-order valence-corrected chi connectivity index (χ1v) is 10.7. The van der Waals surface area contributed by atoms with Crippen molar-refractivity contribution in [3.63, 3.8) is 0 Å². The molecule has 29 heavy (non-hydrogen) atoms. The van der Waals surface area contributed by atoms with Gasteiger partial charge in [0.15, 0.2) is 0 Å². The molecule has 0 spiro atoms. The number of allylic oxidation sites excluding steroid dienone is 4. The van der Waals surface area contributed by atoms with E-state index in [-0.39, 0.29) is 0 Å². The fraction of sp³-hybridized carbons (Fsp3) is 0.333. The van der Waals surface area contributed by atoms with E-state index in [0.717, 1.165) is 24.0 Å². The fourth-order valence-electron chi connectivity index (χ4n) is 3.57. The van der Waals surface area contributed by atoms with Crippen LogP contribution in [0.15, 0.2) is 85.1 Å². The van der Waals surface area contributed by atoms with Gasteiger partial charge in [-0.25, -0.2) is 0 Å². The van der Waals surface area contributed by atoms with Gasteiger partial charge in [0.2, 0.25) is 0 Å². The van der Waals surface area contributed by atoms with Crippen molar-refractivity contribution < 1.29 is 4.74 Å². The Bertz CT molecular complexity index is 778. The number of hydrogen-bond donors (Lipinski definition) is 1. The second-order valence-corrected chi connectivity index (χ2v) is 7.30. The lowest BCUT2D eigenvalue weighted by Crippen LogP contribution is -2.04. The van der Waals surface area contributed by atoms with Gasteiger partial charge in [0.1, 0.15) is 5.75 Å². The molecule has 1 fully saturated rings. The average Bonchev–Trinajstić information content (AvgIpc) is 2.79. The predicted molar refractivity (Wildman–Crippen MR) is 126 cm³/mol. The molecule has 154 valence electrons. The number of benzene rings is 2. The highest BCUT2D eigenvalue weighted by Crippen LogP contribution is 2.33. The summed E-state index contributed by atoms with van der Waals surface area (Å²) < 4.78 is 5.50. The Kier molecular flexibility index (Phi) is 9.85. The van der Waals surface area contributed by atoms with Crippen molar-refractivity contribution in [1.82, 2.24) is 0 Å². The van der Waals surface area contributed by atoms with Crippen molar-refractivity contribution in [2.75, 3.05) is 6.61 Å². The number of rotatable bonds is 6. The average molecular weight is 390 g/mol. The van der Waals surface area contributed by atoms with E-state index in [1.807, 2.05) is 32.1 Å². The molecule has 3 rings (SSSR count). The van der Waals surface area contributed by atoms with E-state index in [2.05, 4.69) is 43.0 Å².